The number of nitrogens with zero attached hydrogens (tertiary/aromatic N) is 4. The zero-order valence-electron chi connectivity index (χ0n) is 18.4. The monoisotopic (exact) mass is 461 g/mol. The van der Waals surface area contributed by atoms with Crippen LogP contribution in [-0.4, -0.2) is 25.9 Å². The van der Waals surface area contributed by atoms with E-state index in [1.54, 1.807) is 6.20 Å². The molecule has 1 aliphatic heterocycles. The van der Waals surface area contributed by atoms with Crippen molar-refractivity contribution < 1.29 is 8.42 Å². The highest BCUT2D eigenvalue weighted by molar-refractivity contribution is 7.89. The van der Waals surface area contributed by atoms with Gasteiger partial charge in [-0.05, 0) is 47.6 Å². The number of azo groups is 1. The third-order valence-electron chi connectivity index (χ3n) is 6.68. The fourth-order valence-corrected chi connectivity index (χ4v) is 6.14. The van der Waals surface area contributed by atoms with Crippen molar-refractivity contribution in [3.8, 4) is 11.1 Å². The lowest BCUT2D eigenvalue weighted by molar-refractivity contribution is 0.338. The second-order valence-corrected chi connectivity index (χ2v) is 10.3. The third-order valence-corrected chi connectivity index (χ3v) is 7.72. The standard InChI is InChI=1S/C25H27N5O2S/c26-33(31,32)24-18(11-10-17-6-2-1-3-7-17)12-13-21(23(24)25-28-16-29-30-25)19-14-15-27-22-9-5-4-8-20(19)22/h4-5,8-9,12-15,17H,1-3,6-7,10-11,16H2,(H2,26,31,32). The summed E-state index contributed by atoms with van der Waals surface area (Å²) < 4.78 is 25.9. The number of rotatable bonds is 6. The van der Waals surface area contributed by atoms with E-state index in [1.165, 1.54) is 32.1 Å². The largest absolute Gasteiger partial charge is 0.256 e. The van der Waals surface area contributed by atoms with Crippen LogP contribution < -0.4 is 5.14 Å². The Labute approximate surface area is 193 Å². The molecule has 170 valence electrons. The number of nitrogens with two attached hydrogens (primary N) is 1. The van der Waals surface area contributed by atoms with Crippen molar-refractivity contribution in [2.24, 2.45) is 26.3 Å². The van der Waals surface area contributed by atoms with Gasteiger partial charge in [-0.25, -0.2) is 18.5 Å². The molecule has 1 fully saturated rings. The topological polar surface area (TPSA) is 110 Å². The number of pyridine rings is 1. The van der Waals surface area contributed by atoms with Gasteiger partial charge in [0.1, 0.15) is 0 Å². The zero-order valence-corrected chi connectivity index (χ0v) is 19.3. The van der Waals surface area contributed by atoms with E-state index < -0.39 is 10.0 Å². The van der Waals surface area contributed by atoms with E-state index in [4.69, 9.17) is 5.14 Å². The number of benzene rings is 2. The number of amidine groups is 1. The summed E-state index contributed by atoms with van der Waals surface area (Å²) in [6.07, 6.45) is 9.56. The average molecular weight is 462 g/mol. The molecular weight excluding hydrogens is 434 g/mol. The number of sulfonamides is 1. The second kappa shape index (κ2) is 9.11. The first-order chi connectivity index (χ1) is 16.0. The van der Waals surface area contributed by atoms with Crippen LogP contribution in [0.5, 0.6) is 0 Å². The molecule has 2 aromatic carbocycles. The van der Waals surface area contributed by atoms with Crippen molar-refractivity contribution in [1.29, 1.82) is 0 Å². The summed E-state index contributed by atoms with van der Waals surface area (Å²) >= 11 is 0. The van der Waals surface area contributed by atoms with Gasteiger partial charge >= 0.3 is 0 Å². The highest BCUT2D eigenvalue weighted by atomic mass is 32.2. The molecule has 2 N–H and O–H groups in total. The van der Waals surface area contributed by atoms with Crippen molar-refractivity contribution >= 4 is 26.8 Å². The molecule has 0 spiro atoms. The summed E-state index contributed by atoms with van der Waals surface area (Å²) in [7, 11) is -4.04. The first kappa shape index (κ1) is 21.9. The Morgan fingerprint density at radius 1 is 0.970 bits per heavy atom. The smallest absolute Gasteiger partial charge is 0.239 e. The molecule has 0 radical (unpaired) electrons. The summed E-state index contributed by atoms with van der Waals surface area (Å²) in [4.78, 5) is 8.96. The normalized spacial score (nSPS) is 16.9. The number of hydrogen-bond acceptors (Lipinski definition) is 6. The molecule has 0 bridgehead atoms. The Kier molecular flexibility index (Phi) is 6.03. The van der Waals surface area contributed by atoms with Gasteiger partial charge in [0.2, 0.25) is 10.0 Å². The minimum atomic E-state index is -4.04. The van der Waals surface area contributed by atoms with Gasteiger partial charge in [-0.3, -0.25) is 4.98 Å². The number of primary sulfonamides is 1. The predicted molar refractivity (Wildman–Crippen MR) is 130 cm³/mol. The molecule has 2 aliphatic rings. The van der Waals surface area contributed by atoms with Gasteiger partial charge in [0.25, 0.3) is 0 Å². The highest BCUT2D eigenvalue weighted by Crippen LogP contribution is 2.37. The number of aliphatic imine (C=N–C) groups is 1. The molecule has 33 heavy (non-hydrogen) atoms. The minimum Gasteiger partial charge on any atom is -0.256 e. The summed E-state index contributed by atoms with van der Waals surface area (Å²) in [6.45, 7) is 0.183. The van der Waals surface area contributed by atoms with E-state index in [-0.39, 0.29) is 11.6 Å². The maximum absolute atomic E-state index is 13.0. The van der Waals surface area contributed by atoms with E-state index in [1.807, 2.05) is 42.5 Å². The van der Waals surface area contributed by atoms with Gasteiger partial charge in [-0.15, -0.1) is 5.11 Å². The van der Waals surface area contributed by atoms with Gasteiger partial charge < -0.3 is 0 Å². The van der Waals surface area contributed by atoms with E-state index in [9.17, 15) is 8.42 Å². The van der Waals surface area contributed by atoms with Crippen LogP contribution >= 0.6 is 0 Å². The summed E-state index contributed by atoms with van der Waals surface area (Å²) in [5.74, 6) is 0.942. The van der Waals surface area contributed by atoms with E-state index in [0.717, 1.165) is 34.0 Å². The molecule has 8 heteroatoms. The molecule has 5 rings (SSSR count). The lowest BCUT2D eigenvalue weighted by Gasteiger charge is -2.23. The maximum Gasteiger partial charge on any atom is 0.239 e. The minimum absolute atomic E-state index is 0.122. The van der Waals surface area contributed by atoms with Crippen LogP contribution in [-0.2, 0) is 16.4 Å². The number of para-hydroxylation sites is 1. The van der Waals surface area contributed by atoms with Gasteiger partial charge in [-0.2, -0.15) is 5.11 Å². The number of hydrogen-bond donors (Lipinski definition) is 1. The Hall–Kier alpha value is -2.97. The molecule has 7 nitrogen and oxygen atoms in total. The van der Waals surface area contributed by atoms with Crippen molar-refractivity contribution in [1.82, 2.24) is 4.98 Å². The van der Waals surface area contributed by atoms with Crippen molar-refractivity contribution in [2.75, 3.05) is 6.67 Å². The molecule has 3 aromatic rings. The second-order valence-electron chi connectivity index (χ2n) is 8.80. The number of aromatic nitrogens is 1. The van der Waals surface area contributed by atoms with Gasteiger partial charge in [-0.1, -0.05) is 62.4 Å². The molecule has 1 aromatic heterocycles. The quantitative estimate of drug-likeness (QED) is 0.542. The van der Waals surface area contributed by atoms with E-state index in [2.05, 4.69) is 20.2 Å². The number of aryl methyl sites for hydroxylation is 1. The van der Waals surface area contributed by atoms with Crippen LogP contribution in [0, 0.1) is 5.92 Å². The summed E-state index contributed by atoms with van der Waals surface area (Å²) in [5, 5.41) is 14.9. The van der Waals surface area contributed by atoms with Gasteiger partial charge in [0, 0.05) is 17.1 Å². The summed E-state index contributed by atoms with van der Waals surface area (Å²) in [5.41, 5.74) is 3.58. The van der Waals surface area contributed by atoms with Crippen LogP contribution in [0.1, 0.15) is 49.7 Å². The highest BCUT2D eigenvalue weighted by Gasteiger charge is 2.28. The Morgan fingerprint density at radius 3 is 2.55 bits per heavy atom. The molecule has 0 unspecified atom stereocenters. The van der Waals surface area contributed by atoms with Gasteiger partial charge in [0.05, 0.1) is 10.4 Å². The predicted octanol–water partition coefficient (Wildman–Crippen LogP) is 5.23. The van der Waals surface area contributed by atoms with Crippen molar-refractivity contribution in [3.05, 3.63) is 59.8 Å². The molecule has 0 saturated heterocycles. The third kappa shape index (κ3) is 4.45. The molecule has 0 amide bonds. The van der Waals surface area contributed by atoms with Crippen LogP contribution in [0.2, 0.25) is 0 Å². The first-order valence-corrected chi connectivity index (χ1v) is 13.0. The molecule has 2 heterocycles. The summed E-state index contributed by atoms with van der Waals surface area (Å²) in [6, 6.07) is 13.6. The lowest BCUT2D eigenvalue weighted by atomic mass is 9.84. The Balaban J connectivity index is 1.69. The Bertz CT molecular complexity index is 1350. The molecular formula is C25H27N5O2S. The first-order valence-electron chi connectivity index (χ1n) is 11.5. The zero-order chi connectivity index (χ0) is 22.8. The Morgan fingerprint density at radius 2 is 1.79 bits per heavy atom. The van der Waals surface area contributed by atoms with Crippen molar-refractivity contribution in [2.45, 2.75) is 49.8 Å². The van der Waals surface area contributed by atoms with Crippen LogP contribution in [0.15, 0.2) is 68.8 Å². The van der Waals surface area contributed by atoms with Crippen LogP contribution in [0.3, 0.4) is 0 Å². The fourth-order valence-electron chi connectivity index (χ4n) is 5.12. The SMILES string of the molecule is NS(=O)(=O)c1c(CCC2CCCCC2)ccc(-c2ccnc3ccccc23)c1C1=NCN=N1. The maximum atomic E-state index is 13.0. The van der Waals surface area contributed by atoms with E-state index in [0.29, 0.717) is 23.7 Å². The average Bonchev–Trinajstić information content (AvgIpc) is 3.37. The molecule has 1 saturated carbocycles. The van der Waals surface area contributed by atoms with Crippen LogP contribution in [0.25, 0.3) is 22.0 Å². The van der Waals surface area contributed by atoms with E-state index >= 15 is 0 Å². The fraction of sp³-hybridized carbons (Fsp3) is 0.360. The number of fused-ring (bicyclic) bond motifs is 1. The molecule has 1 aliphatic carbocycles. The molecule has 0 atom stereocenters. The van der Waals surface area contributed by atoms with Gasteiger partial charge in [0.15, 0.2) is 12.5 Å². The van der Waals surface area contributed by atoms with Crippen LogP contribution in [0.4, 0.5) is 0 Å². The van der Waals surface area contributed by atoms with Crippen molar-refractivity contribution in [3.63, 3.8) is 0 Å². The lowest BCUT2D eigenvalue weighted by Crippen LogP contribution is -2.20.